The molecule has 1 saturated heterocycles. The number of carbonyl (C=O) groups is 1. The summed E-state index contributed by atoms with van der Waals surface area (Å²) in [5.41, 5.74) is 5.35. The smallest absolute Gasteiger partial charge is 0.291 e. The number of amides is 1. The lowest BCUT2D eigenvalue weighted by Gasteiger charge is -2.40. The molecule has 3 heterocycles. The molecule has 1 N–H and O–H groups in total. The lowest BCUT2D eigenvalue weighted by Crippen LogP contribution is -2.47. The number of carbonyl (C=O) groups excluding carboxylic acids is 1. The van der Waals surface area contributed by atoms with Gasteiger partial charge >= 0.3 is 0 Å². The number of likely N-dealkylation sites (N-methyl/N-ethyl adjacent to an activating group) is 1. The molecule has 1 amide bonds. The number of benzene rings is 1. The summed E-state index contributed by atoms with van der Waals surface area (Å²) >= 11 is 1.77. The Morgan fingerprint density at radius 1 is 1.09 bits per heavy atom. The van der Waals surface area contributed by atoms with E-state index in [0.29, 0.717) is 5.76 Å². The van der Waals surface area contributed by atoms with Gasteiger partial charge in [-0.3, -0.25) is 9.69 Å². The Balaban J connectivity index is 1.58. The fraction of sp³-hybridized carbons (Fsp3) is 0.444. The maximum Gasteiger partial charge on any atom is 0.291 e. The number of nitrogens with one attached hydrogen (secondary N) is 1. The van der Waals surface area contributed by atoms with E-state index < -0.39 is 0 Å². The van der Waals surface area contributed by atoms with Gasteiger partial charge in [0.15, 0.2) is 5.76 Å². The summed E-state index contributed by atoms with van der Waals surface area (Å²) in [6.07, 6.45) is 6.19. The summed E-state index contributed by atoms with van der Waals surface area (Å²) in [5.74, 6) is 0.189. The molecule has 174 valence electrons. The number of aryl methyl sites for hydroxylation is 2. The van der Waals surface area contributed by atoms with Crippen LogP contribution < -0.4 is 5.32 Å². The molecule has 1 aliphatic carbocycles. The monoisotopic (exact) mass is 463 g/mol. The van der Waals surface area contributed by atoms with Gasteiger partial charge in [-0.1, -0.05) is 36.8 Å². The molecule has 3 aromatic rings. The highest BCUT2D eigenvalue weighted by molar-refractivity contribution is 7.16. The summed E-state index contributed by atoms with van der Waals surface area (Å²) in [4.78, 5) is 19.6. The van der Waals surface area contributed by atoms with E-state index in [1.54, 1.807) is 29.7 Å². The Kier molecular flexibility index (Phi) is 6.67. The highest BCUT2D eigenvalue weighted by Crippen LogP contribution is 2.45. The number of hydrogen-bond donors (Lipinski definition) is 1. The van der Waals surface area contributed by atoms with Gasteiger partial charge in [0, 0.05) is 36.6 Å². The molecule has 0 spiro atoms. The Hall–Kier alpha value is -2.41. The van der Waals surface area contributed by atoms with Gasteiger partial charge in [-0.2, -0.15) is 0 Å². The van der Waals surface area contributed by atoms with E-state index in [9.17, 15) is 4.79 Å². The molecule has 33 heavy (non-hydrogen) atoms. The van der Waals surface area contributed by atoms with E-state index in [0.717, 1.165) is 50.6 Å². The molecule has 1 aliphatic heterocycles. The minimum atomic E-state index is -0.168. The zero-order valence-corrected chi connectivity index (χ0v) is 20.4. The van der Waals surface area contributed by atoms with Crippen molar-refractivity contribution in [3.8, 4) is 0 Å². The van der Waals surface area contributed by atoms with E-state index in [-0.39, 0.29) is 11.9 Å². The fourth-order valence-corrected chi connectivity index (χ4v) is 6.51. The van der Waals surface area contributed by atoms with Gasteiger partial charge in [-0.25, -0.2) is 0 Å². The molecule has 5 rings (SSSR count). The molecule has 5 nitrogen and oxygen atoms in total. The van der Waals surface area contributed by atoms with Crippen molar-refractivity contribution in [3.63, 3.8) is 0 Å². The van der Waals surface area contributed by atoms with Gasteiger partial charge in [-0.15, -0.1) is 11.3 Å². The minimum absolute atomic E-state index is 0.148. The van der Waals surface area contributed by atoms with Gasteiger partial charge in [0.05, 0.1) is 12.3 Å². The SMILES string of the molecule is CCN1CCN([C@@H](c2ccc(C)cc2)c2c(NC(=O)c3ccco3)sc3c2CCCC3)CC1. The van der Waals surface area contributed by atoms with Crippen LogP contribution in [-0.4, -0.2) is 48.4 Å². The molecule has 1 atom stereocenters. The van der Waals surface area contributed by atoms with Crippen LogP contribution in [0.3, 0.4) is 0 Å². The predicted molar refractivity (Wildman–Crippen MR) is 134 cm³/mol. The molecular formula is C27H33N3O2S. The van der Waals surface area contributed by atoms with Crippen LogP contribution >= 0.6 is 11.3 Å². The molecule has 0 bridgehead atoms. The quantitative estimate of drug-likeness (QED) is 0.524. The number of thiophene rings is 1. The standard InChI is InChI=1S/C27H33N3O2S/c1-3-29-14-16-30(17-15-29)25(20-12-10-19(2)11-13-20)24-21-7-4-5-9-23(21)33-27(24)28-26(31)22-8-6-18-32-22/h6,8,10-13,18,25H,3-5,7,9,14-17H2,1-2H3,(H,28,31)/t25-/m0/s1. The van der Waals surface area contributed by atoms with E-state index in [1.807, 2.05) is 0 Å². The first-order chi connectivity index (χ1) is 16.1. The molecule has 1 aromatic carbocycles. The number of fused-ring (bicyclic) bond motifs is 1. The van der Waals surface area contributed by atoms with Crippen LogP contribution in [0.5, 0.6) is 0 Å². The van der Waals surface area contributed by atoms with Crippen LogP contribution in [-0.2, 0) is 12.8 Å². The van der Waals surface area contributed by atoms with Crippen LogP contribution in [0, 0.1) is 6.92 Å². The number of piperazine rings is 1. The van der Waals surface area contributed by atoms with E-state index >= 15 is 0 Å². The highest BCUT2D eigenvalue weighted by Gasteiger charge is 2.33. The average Bonchev–Trinajstić information content (AvgIpc) is 3.50. The predicted octanol–water partition coefficient (Wildman–Crippen LogP) is 5.51. The second kappa shape index (κ2) is 9.84. The summed E-state index contributed by atoms with van der Waals surface area (Å²) in [5, 5.41) is 4.23. The van der Waals surface area contributed by atoms with Gasteiger partial charge in [0.25, 0.3) is 5.91 Å². The zero-order valence-electron chi connectivity index (χ0n) is 19.6. The second-order valence-corrected chi connectivity index (χ2v) is 10.3. The Labute approximate surface area is 200 Å². The first-order valence-corrected chi connectivity index (χ1v) is 13.0. The van der Waals surface area contributed by atoms with E-state index in [1.165, 1.54) is 40.0 Å². The molecule has 6 heteroatoms. The molecule has 0 radical (unpaired) electrons. The van der Waals surface area contributed by atoms with Crippen molar-refractivity contribution >= 4 is 22.2 Å². The lowest BCUT2D eigenvalue weighted by atomic mass is 9.88. The molecule has 0 saturated carbocycles. The van der Waals surface area contributed by atoms with Crippen molar-refractivity contribution in [2.24, 2.45) is 0 Å². The third-order valence-electron chi connectivity index (χ3n) is 7.07. The Morgan fingerprint density at radius 2 is 1.85 bits per heavy atom. The summed E-state index contributed by atoms with van der Waals surface area (Å²) in [6.45, 7) is 9.70. The number of furan rings is 1. The fourth-order valence-electron chi connectivity index (χ4n) is 5.19. The van der Waals surface area contributed by atoms with E-state index in [4.69, 9.17) is 4.42 Å². The summed E-state index contributed by atoms with van der Waals surface area (Å²) < 4.78 is 5.38. The van der Waals surface area contributed by atoms with Crippen molar-refractivity contribution in [3.05, 3.63) is 75.6 Å². The van der Waals surface area contributed by atoms with Crippen LogP contribution in [0.4, 0.5) is 5.00 Å². The largest absolute Gasteiger partial charge is 0.459 e. The third kappa shape index (κ3) is 4.65. The number of hydrogen-bond acceptors (Lipinski definition) is 5. The molecule has 2 aromatic heterocycles. The number of rotatable bonds is 6. The van der Waals surface area contributed by atoms with Crippen molar-refractivity contribution in [1.82, 2.24) is 9.80 Å². The summed E-state index contributed by atoms with van der Waals surface area (Å²) in [7, 11) is 0. The first kappa shape index (κ1) is 22.4. The van der Waals surface area contributed by atoms with Crippen LogP contribution in [0.2, 0.25) is 0 Å². The van der Waals surface area contributed by atoms with Crippen molar-refractivity contribution in [2.75, 3.05) is 38.0 Å². The van der Waals surface area contributed by atoms with Crippen LogP contribution in [0.1, 0.15) is 63.5 Å². The number of anilines is 1. The minimum Gasteiger partial charge on any atom is -0.459 e. The topological polar surface area (TPSA) is 48.7 Å². The zero-order chi connectivity index (χ0) is 22.8. The van der Waals surface area contributed by atoms with Crippen LogP contribution in [0.15, 0.2) is 47.1 Å². The lowest BCUT2D eigenvalue weighted by molar-refractivity contribution is 0.0995. The van der Waals surface area contributed by atoms with E-state index in [2.05, 4.69) is 53.2 Å². The normalized spacial score (nSPS) is 18.1. The maximum absolute atomic E-state index is 13.0. The highest BCUT2D eigenvalue weighted by atomic mass is 32.1. The molecule has 2 aliphatic rings. The Morgan fingerprint density at radius 3 is 2.55 bits per heavy atom. The average molecular weight is 464 g/mol. The number of nitrogens with zero attached hydrogens (tertiary/aromatic N) is 2. The van der Waals surface area contributed by atoms with Gasteiger partial charge in [0.1, 0.15) is 5.00 Å². The molecule has 0 unspecified atom stereocenters. The van der Waals surface area contributed by atoms with Gasteiger partial charge < -0.3 is 14.6 Å². The van der Waals surface area contributed by atoms with Gasteiger partial charge in [0.2, 0.25) is 0 Å². The summed E-state index contributed by atoms with van der Waals surface area (Å²) in [6, 6.07) is 12.6. The van der Waals surface area contributed by atoms with Crippen LogP contribution in [0.25, 0.3) is 0 Å². The Bertz CT molecular complexity index is 1080. The van der Waals surface area contributed by atoms with Crippen molar-refractivity contribution < 1.29 is 9.21 Å². The van der Waals surface area contributed by atoms with Gasteiger partial charge in [-0.05, 0) is 62.4 Å². The first-order valence-electron chi connectivity index (χ1n) is 12.2. The third-order valence-corrected chi connectivity index (χ3v) is 8.29. The second-order valence-electron chi connectivity index (χ2n) is 9.17. The molecular weight excluding hydrogens is 430 g/mol. The maximum atomic E-state index is 13.0. The van der Waals surface area contributed by atoms with Crippen molar-refractivity contribution in [2.45, 2.75) is 45.6 Å². The molecule has 1 fully saturated rings. The van der Waals surface area contributed by atoms with Crippen molar-refractivity contribution in [1.29, 1.82) is 0 Å².